The maximum atomic E-state index is 13.1. The number of nitrogens with one attached hydrogen (secondary N) is 1. The Morgan fingerprint density at radius 2 is 2.08 bits per heavy atom. The number of aryl methyl sites for hydroxylation is 2. The molecular formula is C19H28N2O4S. The van der Waals surface area contributed by atoms with E-state index in [0.29, 0.717) is 24.4 Å². The second-order valence-electron chi connectivity index (χ2n) is 7.35. The minimum Gasteiger partial charge on any atom is -0.376 e. The van der Waals surface area contributed by atoms with Gasteiger partial charge in [-0.3, -0.25) is 4.79 Å². The van der Waals surface area contributed by atoms with Crippen LogP contribution in [-0.4, -0.2) is 51.0 Å². The second kappa shape index (κ2) is 8.06. The van der Waals surface area contributed by atoms with Gasteiger partial charge in [-0.1, -0.05) is 12.1 Å². The molecule has 2 fully saturated rings. The highest BCUT2D eigenvalue weighted by Crippen LogP contribution is 2.26. The number of piperidine rings is 1. The Balaban J connectivity index is 1.67. The summed E-state index contributed by atoms with van der Waals surface area (Å²) in [7, 11) is -3.58. The Kier molecular flexibility index (Phi) is 5.99. The monoisotopic (exact) mass is 380 g/mol. The third kappa shape index (κ3) is 4.27. The van der Waals surface area contributed by atoms with Crippen molar-refractivity contribution >= 4 is 15.9 Å². The zero-order valence-electron chi connectivity index (χ0n) is 15.5. The number of carbonyl (C=O) groups is 1. The number of ether oxygens (including phenoxy) is 1. The molecule has 3 rings (SSSR count). The van der Waals surface area contributed by atoms with E-state index in [1.54, 1.807) is 6.07 Å². The fraction of sp³-hybridized carbons (Fsp3) is 0.632. The highest BCUT2D eigenvalue weighted by molar-refractivity contribution is 7.89. The number of hydrogen-bond acceptors (Lipinski definition) is 4. The minimum atomic E-state index is -3.58. The fourth-order valence-electron chi connectivity index (χ4n) is 3.66. The predicted molar refractivity (Wildman–Crippen MR) is 99.4 cm³/mol. The van der Waals surface area contributed by atoms with Crippen molar-refractivity contribution in [3.8, 4) is 0 Å². The zero-order chi connectivity index (χ0) is 18.7. The number of carbonyl (C=O) groups excluding carboxylic acids is 1. The lowest BCUT2D eigenvalue weighted by atomic mass is 9.99. The van der Waals surface area contributed by atoms with E-state index < -0.39 is 10.0 Å². The van der Waals surface area contributed by atoms with E-state index in [4.69, 9.17) is 4.74 Å². The first kappa shape index (κ1) is 19.3. The molecule has 2 aliphatic heterocycles. The lowest BCUT2D eigenvalue weighted by Gasteiger charge is -2.31. The summed E-state index contributed by atoms with van der Waals surface area (Å²) in [6.45, 7) is 5.67. The Hall–Kier alpha value is -1.44. The van der Waals surface area contributed by atoms with Gasteiger partial charge < -0.3 is 10.1 Å². The molecule has 2 heterocycles. The molecule has 144 valence electrons. The van der Waals surface area contributed by atoms with Gasteiger partial charge in [-0.2, -0.15) is 4.31 Å². The molecule has 0 aliphatic carbocycles. The molecule has 2 saturated heterocycles. The van der Waals surface area contributed by atoms with Gasteiger partial charge in [0.2, 0.25) is 15.9 Å². The number of rotatable bonds is 5. The Bertz CT molecular complexity index is 757. The van der Waals surface area contributed by atoms with Crippen molar-refractivity contribution in [2.24, 2.45) is 5.92 Å². The van der Waals surface area contributed by atoms with Gasteiger partial charge in [0.1, 0.15) is 0 Å². The van der Waals surface area contributed by atoms with Crippen LogP contribution < -0.4 is 5.32 Å². The molecule has 2 atom stereocenters. The molecule has 1 N–H and O–H groups in total. The maximum absolute atomic E-state index is 13.1. The molecule has 1 aromatic carbocycles. The van der Waals surface area contributed by atoms with Crippen LogP contribution in [0.2, 0.25) is 0 Å². The number of hydrogen-bond donors (Lipinski definition) is 1. The van der Waals surface area contributed by atoms with Crippen molar-refractivity contribution in [2.75, 3.05) is 26.2 Å². The van der Waals surface area contributed by atoms with Crippen LogP contribution in [0.4, 0.5) is 0 Å². The summed E-state index contributed by atoms with van der Waals surface area (Å²) >= 11 is 0. The van der Waals surface area contributed by atoms with Crippen LogP contribution in [0.3, 0.4) is 0 Å². The van der Waals surface area contributed by atoms with Gasteiger partial charge in [0, 0.05) is 26.2 Å². The summed E-state index contributed by atoms with van der Waals surface area (Å²) in [6.07, 6.45) is 3.51. The first-order valence-corrected chi connectivity index (χ1v) is 10.8. The van der Waals surface area contributed by atoms with E-state index >= 15 is 0 Å². The van der Waals surface area contributed by atoms with Crippen molar-refractivity contribution in [2.45, 2.75) is 50.5 Å². The van der Waals surface area contributed by atoms with Crippen molar-refractivity contribution in [1.29, 1.82) is 0 Å². The van der Waals surface area contributed by atoms with Gasteiger partial charge in [0.05, 0.1) is 16.9 Å². The molecule has 26 heavy (non-hydrogen) atoms. The third-order valence-electron chi connectivity index (χ3n) is 5.24. The third-order valence-corrected chi connectivity index (χ3v) is 7.25. The van der Waals surface area contributed by atoms with Crippen LogP contribution in [0.15, 0.2) is 23.1 Å². The zero-order valence-corrected chi connectivity index (χ0v) is 16.3. The molecule has 1 aromatic rings. The van der Waals surface area contributed by atoms with Crippen LogP contribution in [0, 0.1) is 19.8 Å². The summed E-state index contributed by atoms with van der Waals surface area (Å²) in [4.78, 5) is 12.8. The average Bonchev–Trinajstić information content (AvgIpc) is 3.15. The molecule has 0 bridgehead atoms. The number of benzene rings is 1. The SMILES string of the molecule is Cc1ccc(C)c(S(=O)(=O)N2CCC[C@@H](C(=O)NC[C@H]3CCCO3)C2)c1. The van der Waals surface area contributed by atoms with Crippen LogP contribution in [0.5, 0.6) is 0 Å². The minimum absolute atomic E-state index is 0.0682. The van der Waals surface area contributed by atoms with Crippen molar-refractivity contribution < 1.29 is 17.9 Å². The fourth-order valence-corrected chi connectivity index (χ4v) is 5.50. The largest absolute Gasteiger partial charge is 0.376 e. The van der Waals surface area contributed by atoms with Gasteiger partial charge in [-0.05, 0) is 56.7 Å². The number of amides is 1. The quantitative estimate of drug-likeness (QED) is 0.848. The van der Waals surface area contributed by atoms with Gasteiger partial charge in [0.25, 0.3) is 0 Å². The first-order valence-electron chi connectivity index (χ1n) is 9.34. The van der Waals surface area contributed by atoms with E-state index in [2.05, 4.69) is 5.32 Å². The summed E-state index contributed by atoms with van der Waals surface area (Å²) in [5.41, 5.74) is 1.65. The highest BCUT2D eigenvalue weighted by atomic mass is 32.2. The van der Waals surface area contributed by atoms with Crippen molar-refractivity contribution in [1.82, 2.24) is 9.62 Å². The van der Waals surface area contributed by atoms with Crippen molar-refractivity contribution in [3.05, 3.63) is 29.3 Å². The van der Waals surface area contributed by atoms with Crippen molar-refractivity contribution in [3.63, 3.8) is 0 Å². The Morgan fingerprint density at radius 3 is 2.81 bits per heavy atom. The van der Waals surface area contributed by atoms with Gasteiger partial charge in [-0.25, -0.2) is 8.42 Å². The average molecular weight is 381 g/mol. The van der Waals surface area contributed by atoms with Crippen LogP contribution in [0.1, 0.15) is 36.8 Å². The summed E-state index contributed by atoms with van der Waals surface area (Å²) in [5.74, 6) is -0.369. The van der Waals surface area contributed by atoms with Crippen LogP contribution in [-0.2, 0) is 19.6 Å². The molecule has 0 spiro atoms. The summed E-state index contributed by atoms with van der Waals surface area (Å²) in [6, 6.07) is 5.45. The topological polar surface area (TPSA) is 75.7 Å². The molecule has 0 saturated carbocycles. The van der Waals surface area contributed by atoms with Crippen LogP contribution >= 0.6 is 0 Å². The van der Waals surface area contributed by atoms with E-state index in [1.807, 2.05) is 26.0 Å². The van der Waals surface area contributed by atoms with Gasteiger partial charge >= 0.3 is 0 Å². The van der Waals surface area contributed by atoms with Crippen LogP contribution in [0.25, 0.3) is 0 Å². The standard InChI is InChI=1S/C19H28N2O4S/c1-14-7-8-15(2)18(11-14)26(23,24)21-9-3-5-16(13-21)19(22)20-12-17-6-4-10-25-17/h7-8,11,16-17H,3-6,9-10,12-13H2,1-2H3,(H,20,22)/t16-,17-/m1/s1. The lowest BCUT2D eigenvalue weighted by molar-refractivity contribution is -0.126. The predicted octanol–water partition coefficient (Wildman–Crippen LogP) is 2.00. The van der Waals surface area contributed by atoms with Gasteiger partial charge in [0.15, 0.2) is 0 Å². The molecule has 0 radical (unpaired) electrons. The lowest BCUT2D eigenvalue weighted by Crippen LogP contribution is -2.46. The smallest absolute Gasteiger partial charge is 0.243 e. The van der Waals surface area contributed by atoms with E-state index in [1.165, 1.54) is 4.31 Å². The maximum Gasteiger partial charge on any atom is 0.243 e. The molecule has 1 amide bonds. The summed E-state index contributed by atoms with van der Waals surface area (Å²) in [5, 5.41) is 2.94. The van der Waals surface area contributed by atoms with E-state index in [0.717, 1.165) is 37.0 Å². The Labute approximate surface area is 156 Å². The second-order valence-corrected chi connectivity index (χ2v) is 9.26. The first-order chi connectivity index (χ1) is 12.4. The molecule has 0 aromatic heterocycles. The molecule has 7 heteroatoms. The molecular weight excluding hydrogens is 352 g/mol. The Morgan fingerprint density at radius 1 is 1.27 bits per heavy atom. The highest BCUT2D eigenvalue weighted by Gasteiger charge is 2.34. The van der Waals surface area contributed by atoms with Gasteiger partial charge in [-0.15, -0.1) is 0 Å². The normalized spacial score (nSPS) is 24.5. The summed E-state index contributed by atoms with van der Waals surface area (Å²) < 4.78 is 33.1. The molecule has 0 unspecified atom stereocenters. The van der Waals surface area contributed by atoms with E-state index in [9.17, 15) is 13.2 Å². The molecule has 6 nitrogen and oxygen atoms in total. The van der Waals surface area contributed by atoms with E-state index in [-0.39, 0.29) is 24.5 Å². The number of nitrogens with zero attached hydrogens (tertiary/aromatic N) is 1. The number of sulfonamides is 1. The molecule has 2 aliphatic rings.